The van der Waals surface area contributed by atoms with E-state index < -0.39 is 0 Å². The summed E-state index contributed by atoms with van der Waals surface area (Å²) in [5.41, 5.74) is 8.44. The molecule has 0 fully saturated rings. The van der Waals surface area contributed by atoms with Crippen molar-refractivity contribution in [3.8, 4) is 45.0 Å². The second-order valence-corrected chi connectivity index (χ2v) is 10.6. The lowest BCUT2D eigenvalue weighted by atomic mass is 9.91. The fourth-order valence-corrected chi connectivity index (χ4v) is 5.99. The Kier molecular flexibility index (Phi) is 5.36. The van der Waals surface area contributed by atoms with E-state index >= 15 is 0 Å². The van der Waals surface area contributed by atoms with Gasteiger partial charge in [-0.1, -0.05) is 109 Å². The molecule has 0 N–H and O–H groups in total. The first-order chi connectivity index (χ1) is 20.2. The molecule has 0 bridgehead atoms. The molecule has 3 nitrogen and oxygen atoms in total. The van der Waals surface area contributed by atoms with Gasteiger partial charge < -0.3 is 0 Å². The Morgan fingerprint density at radius 2 is 1.17 bits per heavy atom. The van der Waals surface area contributed by atoms with Crippen molar-refractivity contribution in [1.29, 1.82) is 0 Å². The fraction of sp³-hybridized carbons (Fsp3) is 0.0263. The first-order valence-electron chi connectivity index (χ1n) is 13.9. The van der Waals surface area contributed by atoms with Crippen molar-refractivity contribution in [2.75, 3.05) is 0 Å². The molecule has 2 aromatic heterocycles. The molecule has 0 saturated carbocycles. The summed E-state index contributed by atoms with van der Waals surface area (Å²) in [7, 11) is 0. The van der Waals surface area contributed by atoms with E-state index in [-0.39, 0.29) is 0 Å². The minimum atomic E-state index is 0.710. The van der Waals surface area contributed by atoms with Gasteiger partial charge in [0.15, 0.2) is 5.82 Å². The Morgan fingerprint density at radius 3 is 1.95 bits per heavy atom. The maximum atomic E-state index is 5.18. The largest absolute Gasteiger partial charge is 0.264 e. The van der Waals surface area contributed by atoms with Crippen LogP contribution in [0.15, 0.2) is 134 Å². The van der Waals surface area contributed by atoms with Crippen LogP contribution in [0.25, 0.3) is 77.3 Å². The molecular formula is C38H25N3. The average molecular weight is 524 g/mol. The van der Waals surface area contributed by atoms with E-state index in [0.29, 0.717) is 5.82 Å². The lowest BCUT2D eigenvalue weighted by Crippen LogP contribution is -1.97. The molecule has 0 spiro atoms. The Labute approximate surface area is 238 Å². The molecule has 0 saturated heterocycles. The van der Waals surface area contributed by atoms with E-state index in [4.69, 9.17) is 9.97 Å². The molecule has 8 rings (SSSR count). The molecule has 0 atom stereocenters. The number of hydrogen-bond donors (Lipinski definition) is 0. The zero-order valence-corrected chi connectivity index (χ0v) is 22.5. The van der Waals surface area contributed by atoms with Gasteiger partial charge in [0.25, 0.3) is 0 Å². The third-order valence-electron chi connectivity index (χ3n) is 8.09. The third-order valence-corrected chi connectivity index (χ3v) is 8.09. The topological polar surface area (TPSA) is 38.7 Å². The zero-order chi connectivity index (χ0) is 27.3. The summed E-state index contributed by atoms with van der Waals surface area (Å²) in [5, 5.41) is 7.56. The van der Waals surface area contributed by atoms with Crippen molar-refractivity contribution in [1.82, 2.24) is 15.0 Å². The van der Waals surface area contributed by atoms with Crippen LogP contribution in [0.5, 0.6) is 0 Å². The molecule has 0 aliphatic carbocycles. The van der Waals surface area contributed by atoms with Gasteiger partial charge in [-0.3, -0.25) is 4.98 Å². The number of rotatable bonds is 4. The minimum absolute atomic E-state index is 0.710. The predicted molar refractivity (Wildman–Crippen MR) is 170 cm³/mol. The normalized spacial score (nSPS) is 11.5. The summed E-state index contributed by atoms with van der Waals surface area (Å²) in [6.45, 7) is 2.11. The molecule has 41 heavy (non-hydrogen) atoms. The quantitative estimate of drug-likeness (QED) is 0.216. The molecule has 192 valence electrons. The van der Waals surface area contributed by atoms with Crippen LogP contribution in [0.1, 0.15) is 5.56 Å². The maximum Gasteiger partial charge on any atom is 0.160 e. The summed E-state index contributed by atoms with van der Waals surface area (Å²) in [5.74, 6) is 0.710. The van der Waals surface area contributed by atoms with Crippen LogP contribution in [0.3, 0.4) is 0 Å². The highest BCUT2D eigenvalue weighted by Crippen LogP contribution is 2.40. The highest BCUT2D eigenvalue weighted by molar-refractivity contribution is 6.25. The van der Waals surface area contributed by atoms with Gasteiger partial charge in [-0.25, -0.2) is 9.97 Å². The molecule has 0 amide bonds. The van der Waals surface area contributed by atoms with Gasteiger partial charge in [0.05, 0.1) is 11.4 Å². The van der Waals surface area contributed by atoms with Crippen molar-refractivity contribution in [3.63, 3.8) is 0 Å². The number of benzene rings is 6. The molecule has 8 aromatic rings. The number of nitrogens with zero attached hydrogens (tertiary/aromatic N) is 3. The Morgan fingerprint density at radius 1 is 0.488 bits per heavy atom. The van der Waals surface area contributed by atoms with E-state index in [1.54, 1.807) is 0 Å². The molecule has 0 unspecified atom stereocenters. The second-order valence-electron chi connectivity index (χ2n) is 10.6. The summed E-state index contributed by atoms with van der Waals surface area (Å²) < 4.78 is 0. The lowest BCUT2D eigenvalue weighted by Gasteiger charge is -2.15. The molecule has 6 aromatic carbocycles. The molecule has 0 radical (unpaired) electrons. The number of hydrogen-bond acceptors (Lipinski definition) is 3. The van der Waals surface area contributed by atoms with Gasteiger partial charge >= 0.3 is 0 Å². The summed E-state index contributed by atoms with van der Waals surface area (Å²) >= 11 is 0. The van der Waals surface area contributed by atoms with Gasteiger partial charge in [0.1, 0.15) is 0 Å². The average Bonchev–Trinajstić information content (AvgIpc) is 3.04. The number of pyridine rings is 1. The standard InChI is InChI=1S/C38H25N3/c1-24-20-21-39-23-33(24)25-10-14-30(15-11-25)38-40-34(26-6-3-2-4-7-26)22-35(41-38)31-18-16-29-13-12-27-8-5-9-28-17-19-32(31)37(29)36(27)28/h2-23H,1H3. The monoisotopic (exact) mass is 523 g/mol. The SMILES string of the molecule is Cc1ccncc1-c1ccc(-c2nc(-c3ccccc3)cc(-c3ccc4ccc5cccc6ccc3c4c56)n2)cc1. The number of aromatic nitrogens is 3. The highest BCUT2D eigenvalue weighted by Gasteiger charge is 2.16. The van der Waals surface area contributed by atoms with Crippen LogP contribution < -0.4 is 0 Å². The van der Waals surface area contributed by atoms with Crippen LogP contribution in [-0.2, 0) is 0 Å². The molecule has 0 aliphatic heterocycles. The van der Waals surface area contributed by atoms with Crippen molar-refractivity contribution < 1.29 is 0 Å². The van der Waals surface area contributed by atoms with E-state index in [2.05, 4.69) is 121 Å². The second kappa shape index (κ2) is 9.35. The van der Waals surface area contributed by atoms with Gasteiger partial charge in [0.2, 0.25) is 0 Å². The van der Waals surface area contributed by atoms with Gasteiger partial charge in [-0.2, -0.15) is 0 Å². The summed E-state index contributed by atoms with van der Waals surface area (Å²) in [6.07, 6.45) is 3.75. The first kappa shape index (κ1) is 23.5. The van der Waals surface area contributed by atoms with Gasteiger partial charge in [0, 0.05) is 34.6 Å². The lowest BCUT2D eigenvalue weighted by molar-refractivity contribution is 1.18. The van der Waals surface area contributed by atoms with E-state index in [1.807, 2.05) is 24.5 Å². The summed E-state index contributed by atoms with van der Waals surface area (Å²) in [6, 6.07) is 42.9. The fourth-order valence-electron chi connectivity index (χ4n) is 5.99. The van der Waals surface area contributed by atoms with Crippen LogP contribution in [-0.4, -0.2) is 15.0 Å². The van der Waals surface area contributed by atoms with Crippen LogP contribution >= 0.6 is 0 Å². The van der Waals surface area contributed by atoms with E-state index in [9.17, 15) is 0 Å². The van der Waals surface area contributed by atoms with Gasteiger partial charge in [-0.15, -0.1) is 0 Å². The van der Waals surface area contributed by atoms with Crippen LogP contribution in [0.2, 0.25) is 0 Å². The van der Waals surface area contributed by atoms with Crippen molar-refractivity contribution in [2.24, 2.45) is 0 Å². The Balaban J connectivity index is 1.34. The molecule has 2 heterocycles. The molecule has 3 heteroatoms. The minimum Gasteiger partial charge on any atom is -0.264 e. The predicted octanol–water partition coefficient (Wildman–Crippen LogP) is 9.75. The molecule has 0 aliphatic rings. The first-order valence-corrected chi connectivity index (χ1v) is 13.9. The molecular weight excluding hydrogens is 498 g/mol. The van der Waals surface area contributed by atoms with Gasteiger partial charge in [-0.05, 0) is 62.5 Å². The highest BCUT2D eigenvalue weighted by atomic mass is 14.9. The Hall–Kier alpha value is -5.41. The van der Waals surface area contributed by atoms with Crippen molar-refractivity contribution in [2.45, 2.75) is 6.92 Å². The van der Waals surface area contributed by atoms with Crippen LogP contribution in [0, 0.1) is 6.92 Å². The Bertz CT molecular complexity index is 2180. The van der Waals surface area contributed by atoms with Crippen LogP contribution in [0.4, 0.5) is 0 Å². The maximum absolute atomic E-state index is 5.18. The summed E-state index contributed by atoms with van der Waals surface area (Å²) in [4.78, 5) is 14.6. The number of aryl methyl sites for hydroxylation is 1. The van der Waals surface area contributed by atoms with E-state index in [1.165, 1.54) is 37.9 Å². The smallest absolute Gasteiger partial charge is 0.160 e. The third kappa shape index (κ3) is 3.94. The zero-order valence-electron chi connectivity index (χ0n) is 22.5. The van der Waals surface area contributed by atoms with Crippen molar-refractivity contribution in [3.05, 3.63) is 139 Å². The van der Waals surface area contributed by atoms with Crippen molar-refractivity contribution >= 4 is 32.3 Å². The van der Waals surface area contributed by atoms with E-state index in [0.717, 1.165) is 39.2 Å².